The third kappa shape index (κ3) is 6.78. The number of carbonyl (C=O) groups is 1. The molecule has 0 radical (unpaired) electrons. The molecule has 0 aromatic heterocycles. The summed E-state index contributed by atoms with van der Waals surface area (Å²) in [5, 5.41) is 20.8. The minimum absolute atomic E-state index is 0.000815. The quantitative estimate of drug-likeness (QED) is 0.434. The molecule has 35 heavy (non-hydrogen) atoms. The lowest BCUT2D eigenvalue weighted by molar-refractivity contribution is -0.0933. The van der Waals surface area contributed by atoms with Gasteiger partial charge in [0.1, 0.15) is 11.8 Å². The summed E-state index contributed by atoms with van der Waals surface area (Å²) in [5.74, 6) is 0.727. The number of methoxy groups -OCH3 is 2. The summed E-state index contributed by atoms with van der Waals surface area (Å²) in [5.41, 5.74) is -0.514. The van der Waals surface area contributed by atoms with Crippen LogP contribution in [0.1, 0.15) is 57.9 Å². The van der Waals surface area contributed by atoms with E-state index < -0.39 is 45.8 Å². The third-order valence-corrected chi connectivity index (χ3v) is 8.30. The Morgan fingerprint density at radius 1 is 1.20 bits per heavy atom. The van der Waals surface area contributed by atoms with Crippen molar-refractivity contribution in [3.05, 3.63) is 23.8 Å². The molecule has 11 heteroatoms. The summed E-state index contributed by atoms with van der Waals surface area (Å²) in [6, 6.07) is 4.45. The molecule has 1 unspecified atom stereocenters. The van der Waals surface area contributed by atoms with Gasteiger partial charge >= 0.3 is 6.09 Å². The second-order valence-corrected chi connectivity index (χ2v) is 11.7. The number of nitrogens with one attached hydrogen (secondary N) is 1. The van der Waals surface area contributed by atoms with Gasteiger partial charge in [0.2, 0.25) is 10.0 Å². The van der Waals surface area contributed by atoms with E-state index in [9.17, 15) is 23.4 Å². The lowest BCUT2D eigenvalue weighted by Gasteiger charge is -2.34. The SMILES string of the molecule is COc1ccc(CNS(=O)(=O)CC(O)[C@@H]2OC(C)(C)N(C(=O)O)[C@H]2CC2CCCCC2)cc1OC. The number of hydrogen-bond donors (Lipinski definition) is 3. The summed E-state index contributed by atoms with van der Waals surface area (Å²) < 4.78 is 44.5. The Kier molecular flexibility index (Phi) is 8.90. The van der Waals surface area contributed by atoms with E-state index in [0.717, 1.165) is 25.7 Å². The highest BCUT2D eigenvalue weighted by Crippen LogP contribution is 2.39. The molecule has 3 rings (SSSR count). The highest BCUT2D eigenvalue weighted by molar-refractivity contribution is 7.89. The molecule has 1 amide bonds. The Morgan fingerprint density at radius 2 is 1.86 bits per heavy atom. The zero-order chi connectivity index (χ0) is 25.8. The average molecular weight is 515 g/mol. The first-order valence-corrected chi connectivity index (χ1v) is 13.7. The van der Waals surface area contributed by atoms with Crippen LogP contribution in [0.4, 0.5) is 4.79 Å². The maximum absolute atomic E-state index is 12.8. The number of sulfonamides is 1. The van der Waals surface area contributed by atoms with E-state index in [1.165, 1.54) is 25.5 Å². The number of aliphatic hydroxyl groups is 1. The molecule has 10 nitrogen and oxygen atoms in total. The first kappa shape index (κ1) is 27.5. The van der Waals surface area contributed by atoms with Crippen LogP contribution in [0, 0.1) is 5.92 Å². The van der Waals surface area contributed by atoms with Gasteiger partial charge in [-0.05, 0) is 43.9 Å². The Balaban J connectivity index is 1.70. The molecular weight excluding hydrogens is 476 g/mol. The van der Waals surface area contributed by atoms with Gasteiger partial charge in [0.25, 0.3) is 0 Å². The van der Waals surface area contributed by atoms with Crippen LogP contribution in [0.3, 0.4) is 0 Å². The molecule has 1 aromatic carbocycles. The first-order chi connectivity index (χ1) is 16.5. The van der Waals surface area contributed by atoms with Gasteiger partial charge in [0, 0.05) is 6.54 Å². The van der Waals surface area contributed by atoms with E-state index in [-0.39, 0.29) is 6.54 Å². The molecule has 2 fully saturated rings. The molecule has 1 heterocycles. The van der Waals surface area contributed by atoms with Crippen LogP contribution in [0.5, 0.6) is 11.5 Å². The second-order valence-electron chi connectivity index (χ2n) is 9.85. The van der Waals surface area contributed by atoms with Crippen molar-refractivity contribution in [3.8, 4) is 11.5 Å². The summed E-state index contributed by atoms with van der Waals surface area (Å²) in [4.78, 5) is 13.3. The molecule has 1 saturated heterocycles. The van der Waals surface area contributed by atoms with Crippen LogP contribution in [-0.4, -0.2) is 73.6 Å². The van der Waals surface area contributed by atoms with E-state index in [0.29, 0.717) is 29.4 Å². The van der Waals surface area contributed by atoms with Crippen LogP contribution in [0.15, 0.2) is 18.2 Å². The smallest absolute Gasteiger partial charge is 0.409 e. The number of amides is 1. The standard InChI is InChI=1S/C24H38N2O8S/c1-24(2)26(23(28)29)18(12-16-8-6-5-7-9-16)22(34-24)19(27)15-35(30,31)25-14-17-10-11-20(32-3)21(13-17)33-4/h10-11,13,16,18-19,22,25,27H,5-9,12,14-15H2,1-4H3,(H,28,29)/t18-,19?,22+/m0/s1. The lowest BCUT2D eigenvalue weighted by atomic mass is 9.83. The first-order valence-electron chi connectivity index (χ1n) is 12.0. The van der Waals surface area contributed by atoms with Crippen molar-refractivity contribution in [2.24, 2.45) is 5.92 Å². The molecule has 0 bridgehead atoms. The topological polar surface area (TPSA) is 135 Å². The molecule has 1 aromatic rings. The second kappa shape index (κ2) is 11.3. The van der Waals surface area contributed by atoms with Gasteiger partial charge in [0.15, 0.2) is 11.5 Å². The maximum Gasteiger partial charge on any atom is 0.409 e. The molecular formula is C24H38N2O8S. The number of benzene rings is 1. The molecule has 198 valence electrons. The van der Waals surface area contributed by atoms with Crippen LogP contribution >= 0.6 is 0 Å². The Hall–Kier alpha value is -2.08. The third-order valence-electron chi connectivity index (χ3n) is 6.93. The van der Waals surface area contributed by atoms with E-state index in [2.05, 4.69) is 4.72 Å². The summed E-state index contributed by atoms with van der Waals surface area (Å²) in [6.45, 7) is 3.26. The lowest BCUT2D eigenvalue weighted by Crippen LogP contribution is -2.50. The zero-order valence-electron chi connectivity index (χ0n) is 20.9. The van der Waals surface area contributed by atoms with Crippen molar-refractivity contribution in [2.75, 3.05) is 20.0 Å². The van der Waals surface area contributed by atoms with Gasteiger partial charge < -0.3 is 24.4 Å². The Labute approximate surface area is 207 Å². The Bertz CT molecular complexity index is 978. The number of ether oxygens (including phenoxy) is 3. The van der Waals surface area contributed by atoms with Crippen LogP contribution in [0.2, 0.25) is 0 Å². The molecule has 2 aliphatic rings. The fourth-order valence-electron chi connectivity index (χ4n) is 5.29. The van der Waals surface area contributed by atoms with Crippen LogP contribution in [0.25, 0.3) is 0 Å². The number of hydrogen-bond acceptors (Lipinski definition) is 7. The van der Waals surface area contributed by atoms with Crippen molar-refractivity contribution < 1.29 is 37.6 Å². The van der Waals surface area contributed by atoms with E-state index in [1.807, 2.05) is 0 Å². The molecule has 3 N–H and O–H groups in total. The molecule has 0 spiro atoms. The predicted octanol–water partition coefficient (Wildman–Crippen LogP) is 2.94. The zero-order valence-corrected chi connectivity index (χ0v) is 21.7. The van der Waals surface area contributed by atoms with Crippen molar-refractivity contribution >= 4 is 16.1 Å². The fourth-order valence-corrected chi connectivity index (χ4v) is 6.43. The molecule has 3 atom stereocenters. The van der Waals surface area contributed by atoms with Gasteiger partial charge in [-0.1, -0.05) is 38.2 Å². The Morgan fingerprint density at radius 3 is 2.46 bits per heavy atom. The average Bonchev–Trinajstić information content (AvgIpc) is 3.08. The maximum atomic E-state index is 12.8. The number of nitrogens with zero attached hydrogens (tertiary/aromatic N) is 1. The van der Waals surface area contributed by atoms with Gasteiger partial charge in [-0.15, -0.1) is 0 Å². The monoisotopic (exact) mass is 514 g/mol. The molecule has 1 saturated carbocycles. The predicted molar refractivity (Wildman–Crippen MR) is 130 cm³/mol. The minimum Gasteiger partial charge on any atom is -0.493 e. The summed E-state index contributed by atoms with van der Waals surface area (Å²) >= 11 is 0. The van der Waals surface area contributed by atoms with Gasteiger partial charge in [-0.3, -0.25) is 4.90 Å². The van der Waals surface area contributed by atoms with E-state index in [1.54, 1.807) is 32.0 Å². The van der Waals surface area contributed by atoms with E-state index >= 15 is 0 Å². The van der Waals surface area contributed by atoms with Crippen molar-refractivity contribution in [1.82, 2.24) is 9.62 Å². The highest BCUT2D eigenvalue weighted by Gasteiger charge is 2.53. The number of aliphatic hydroxyl groups excluding tert-OH is 1. The summed E-state index contributed by atoms with van der Waals surface area (Å²) in [6.07, 6.45) is 2.41. The number of rotatable bonds is 10. The minimum atomic E-state index is -3.90. The highest BCUT2D eigenvalue weighted by atomic mass is 32.2. The van der Waals surface area contributed by atoms with Crippen molar-refractivity contribution in [3.63, 3.8) is 0 Å². The van der Waals surface area contributed by atoms with Crippen LogP contribution in [-0.2, 0) is 21.3 Å². The normalized spacial score (nSPS) is 23.7. The van der Waals surface area contributed by atoms with Crippen molar-refractivity contribution in [2.45, 2.75) is 82.9 Å². The van der Waals surface area contributed by atoms with Crippen LogP contribution < -0.4 is 14.2 Å². The van der Waals surface area contributed by atoms with Gasteiger partial charge in [0.05, 0.1) is 32.1 Å². The fraction of sp³-hybridized carbons (Fsp3) is 0.708. The molecule has 1 aliphatic carbocycles. The largest absolute Gasteiger partial charge is 0.493 e. The summed E-state index contributed by atoms with van der Waals surface area (Å²) in [7, 11) is -0.891. The number of carboxylic acid groups (broad SMARTS) is 1. The molecule has 1 aliphatic heterocycles. The van der Waals surface area contributed by atoms with E-state index in [4.69, 9.17) is 14.2 Å². The van der Waals surface area contributed by atoms with Gasteiger partial charge in [-0.2, -0.15) is 0 Å². The van der Waals surface area contributed by atoms with Gasteiger partial charge in [-0.25, -0.2) is 17.9 Å². The van der Waals surface area contributed by atoms with Crippen molar-refractivity contribution in [1.29, 1.82) is 0 Å².